The number of carbonyl (C=O) groups excluding carboxylic acids is 1. The van der Waals surface area contributed by atoms with E-state index in [1.165, 1.54) is 16.7 Å². The number of benzene rings is 1. The number of hydrogen-bond acceptors (Lipinski definition) is 3. The van der Waals surface area contributed by atoms with Gasteiger partial charge in [-0.15, -0.1) is 11.8 Å². The number of hydrogen-bond donors (Lipinski definition) is 1. The number of carbonyl (C=O) groups is 2. The van der Waals surface area contributed by atoms with E-state index in [-0.39, 0.29) is 5.91 Å². The molecule has 4 nitrogen and oxygen atoms in total. The van der Waals surface area contributed by atoms with E-state index in [0.29, 0.717) is 11.3 Å². The van der Waals surface area contributed by atoms with Crippen LogP contribution in [0.15, 0.2) is 24.3 Å². The molecule has 3 rings (SSSR count). The molecule has 2 aliphatic heterocycles. The first-order chi connectivity index (χ1) is 8.05. The van der Waals surface area contributed by atoms with Crippen molar-refractivity contribution >= 4 is 23.6 Å². The summed E-state index contributed by atoms with van der Waals surface area (Å²) in [6.45, 7) is 1.92. The van der Waals surface area contributed by atoms with E-state index < -0.39 is 16.9 Å². The van der Waals surface area contributed by atoms with Crippen molar-refractivity contribution in [2.24, 2.45) is 0 Å². The Morgan fingerprint density at radius 2 is 2.24 bits per heavy atom. The highest BCUT2D eigenvalue weighted by Crippen LogP contribution is 2.52. The average Bonchev–Trinajstić information content (AvgIpc) is 2.76. The monoisotopic (exact) mass is 249 g/mol. The van der Waals surface area contributed by atoms with Gasteiger partial charge in [0.2, 0.25) is 0 Å². The van der Waals surface area contributed by atoms with E-state index >= 15 is 0 Å². The van der Waals surface area contributed by atoms with Crippen LogP contribution in [-0.2, 0) is 9.67 Å². The van der Waals surface area contributed by atoms with E-state index in [4.69, 9.17) is 5.11 Å². The summed E-state index contributed by atoms with van der Waals surface area (Å²) in [4.78, 5) is 24.4. The van der Waals surface area contributed by atoms with Gasteiger partial charge < -0.3 is 10.0 Å². The van der Waals surface area contributed by atoms with Crippen molar-refractivity contribution in [3.05, 3.63) is 35.4 Å². The third-order valence-electron chi connectivity index (χ3n) is 3.45. The maximum atomic E-state index is 12.2. The molecule has 0 aliphatic carbocycles. The fourth-order valence-electron chi connectivity index (χ4n) is 2.61. The molecule has 2 aliphatic rings. The first-order valence-corrected chi connectivity index (χ1v) is 6.34. The van der Waals surface area contributed by atoms with Gasteiger partial charge in [-0.05, 0) is 13.0 Å². The van der Waals surface area contributed by atoms with Crippen LogP contribution in [0.4, 0.5) is 0 Å². The zero-order valence-electron chi connectivity index (χ0n) is 9.21. The van der Waals surface area contributed by atoms with E-state index in [2.05, 4.69) is 0 Å². The number of carboxylic acid groups (broad SMARTS) is 1. The van der Waals surface area contributed by atoms with E-state index in [0.717, 1.165) is 5.56 Å². The highest BCUT2D eigenvalue weighted by molar-refractivity contribution is 8.00. The van der Waals surface area contributed by atoms with Gasteiger partial charge in [0, 0.05) is 16.9 Å². The van der Waals surface area contributed by atoms with Crippen molar-refractivity contribution in [2.45, 2.75) is 17.8 Å². The van der Waals surface area contributed by atoms with Crippen molar-refractivity contribution in [1.82, 2.24) is 4.90 Å². The van der Waals surface area contributed by atoms with Gasteiger partial charge >= 0.3 is 5.97 Å². The van der Waals surface area contributed by atoms with Crippen molar-refractivity contribution in [3.8, 4) is 0 Å². The molecule has 1 aromatic carbocycles. The van der Waals surface area contributed by atoms with Crippen molar-refractivity contribution in [2.75, 3.05) is 5.75 Å². The van der Waals surface area contributed by atoms with Crippen molar-refractivity contribution in [1.29, 1.82) is 0 Å². The molecular formula is C12H11NO3S. The normalized spacial score (nSPS) is 30.3. The highest BCUT2D eigenvalue weighted by Gasteiger charge is 2.56. The van der Waals surface area contributed by atoms with Crippen LogP contribution in [-0.4, -0.2) is 33.7 Å². The van der Waals surface area contributed by atoms with Crippen LogP contribution in [0.5, 0.6) is 0 Å². The molecule has 88 valence electrons. The largest absolute Gasteiger partial charge is 0.480 e. The average molecular weight is 249 g/mol. The molecule has 1 fully saturated rings. The standard InChI is InChI=1S/C12H11NO3S/c1-12-8-5-3-2-4-7(8)10(14)13(12)9(6-17-12)11(15)16/h2-5,9H,6H2,1H3,(H,15,16)/t9-,12-/m0/s1. The lowest BCUT2D eigenvalue weighted by atomic mass is 10.1. The van der Waals surface area contributed by atoms with Gasteiger partial charge in [0.1, 0.15) is 10.9 Å². The maximum absolute atomic E-state index is 12.2. The smallest absolute Gasteiger partial charge is 0.327 e. The van der Waals surface area contributed by atoms with Crippen LogP contribution in [0.1, 0.15) is 22.8 Å². The number of thioether (sulfide) groups is 1. The minimum atomic E-state index is -0.928. The topological polar surface area (TPSA) is 57.6 Å². The molecule has 0 spiro atoms. The van der Waals surface area contributed by atoms with E-state index in [9.17, 15) is 9.59 Å². The Hall–Kier alpha value is -1.49. The molecule has 0 radical (unpaired) electrons. The van der Waals surface area contributed by atoms with Crippen LogP contribution in [0, 0.1) is 0 Å². The molecular weight excluding hydrogens is 238 g/mol. The SMILES string of the molecule is C[C@@]12SC[C@@H](C(=O)O)N1C(=O)c1ccccc12. The van der Waals surface area contributed by atoms with Crippen LogP contribution < -0.4 is 0 Å². The molecule has 17 heavy (non-hydrogen) atoms. The number of rotatable bonds is 1. The molecule has 1 amide bonds. The van der Waals surface area contributed by atoms with Gasteiger partial charge in [-0.1, -0.05) is 18.2 Å². The fraction of sp³-hybridized carbons (Fsp3) is 0.333. The Labute approximate surface area is 103 Å². The minimum absolute atomic E-state index is 0.166. The summed E-state index contributed by atoms with van der Waals surface area (Å²) in [5, 5.41) is 9.16. The molecule has 0 unspecified atom stereocenters. The first kappa shape index (κ1) is 10.7. The van der Waals surface area contributed by atoms with Gasteiger partial charge in [-0.2, -0.15) is 0 Å². The Morgan fingerprint density at radius 3 is 2.94 bits per heavy atom. The Bertz CT molecular complexity index is 530. The predicted octanol–water partition coefficient (Wildman–Crippen LogP) is 1.52. The number of carboxylic acids is 1. The van der Waals surface area contributed by atoms with E-state index in [1.54, 1.807) is 6.07 Å². The third-order valence-corrected chi connectivity index (χ3v) is 4.92. The van der Waals surface area contributed by atoms with Gasteiger partial charge in [0.15, 0.2) is 0 Å². The number of nitrogens with zero attached hydrogens (tertiary/aromatic N) is 1. The molecule has 1 aromatic rings. The summed E-state index contributed by atoms with van der Waals surface area (Å²) in [7, 11) is 0. The number of amides is 1. The molecule has 0 saturated carbocycles. The van der Waals surface area contributed by atoms with Crippen LogP contribution in [0.3, 0.4) is 0 Å². The molecule has 1 saturated heterocycles. The Morgan fingerprint density at radius 1 is 1.53 bits per heavy atom. The van der Waals surface area contributed by atoms with E-state index in [1.807, 2.05) is 25.1 Å². The van der Waals surface area contributed by atoms with Gasteiger partial charge in [-0.25, -0.2) is 4.79 Å². The Kier molecular flexibility index (Phi) is 2.04. The summed E-state index contributed by atoms with van der Waals surface area (Å²) >= 11 is 1.52. The summed E-state index contributed by atoms with van der Waals surface area (Å²) in [5.41, 5.74) is 1.56. The highest BCUT2D eigenvalue weighted by atomic mass is 32.2. The van der Waals surface area contributed by atoms with Crippen molar-refractivity contribution in [3.63, 3.8) is 0 Å². The van der Waals surface area contributed by atoms with Crippen LogP contribution in [0.25, 0.3) is 0 Å². The lowest BCUT2D eigenvalue weighted by Crippen LogP contribution is -2.45. The summed E-state index contributed by atoms with van der Waals surface area (Å²) < 4.78 is 0. The van der Waals surface area contributed by atoms with Gasteiger partial charge in [0.05, 0.1) is 0 Å². The van der Waals surface area contributed by atoms with Gasteiger partial charge in [0.25, 0.3) is 5.91 Å². The zero-order chi connectivity index (χ0) is 12.2. The number of fused-ring (bicyclic) bond motifs is 3. The minimum Gasteiger partial charge on any atom is -0.480 e. The predicted molar refractivity (Wildman–Crippen MR) is 63.8 cm³/mol. The second kappa shape index (κ2) is 3.26. The quantitative estimate of drug-likeness (QED) is 0.819. The zero-order valence-corrected chi connectivity index (χ0v) is 10.0. The lowest BCUT2D eigenvalue weighted by molar-refractivity contribution is -0.141. The number of aliphatic carboxylic acids is 1. The molecule has 2 heterocycles. The molecule has 1 N–H and O–H groups in total. The first-order valence-electron chi connectivity index (χ1n) is 5.35. The lowest BCUT2D eigenvalue weighted by Gasteiger charge is -2.29. The maximum Gasteiger partial charge on any atom is 0.327 e. The summed E-state index contributed by atoms with van der Waals surface area (Å²) in [6.07, 6.45) is 0. The van der Waals surface area contributed by atoms with Crippen molar-refractivity contribution < 1.29 is 14.7 Å². The van der Waals surface area contributed by atoms with Crippen LogP contribution in [0.2, 0.25) is 0 Å². The Balaban J connectivity index is 2.17. The van der Waals surface area contributed by atoms with Gasteiger partial charge in [-0.3, -0.25) is 4.79 Å². The molecule has 5 heteroatoms. The molecule has 0 aromatic heterocycles. The third kappa shape index (κ3) is 1.20. The molecule has 0 bridgehead atoms. The fourth-order valence-corrected chi connectivity index (χ4v) is 4.07. The summed E-state index contributed by atoms with van der Waals surface area (Å²) in [5.74, 6) is -0.644. The summed E-state index contributed by atoms with van der Waals surface area (Å²) in [6, 6.07) is 6.65. The second-order valence-electron chi connectivity index (χ2n) is 4.37. The second-order valence-corrected chi connectivity index (χ2v) is 5.79. The molecule has 2 atom stereocenters. The van der Waals surface area contributed by atoms with Crippen LogP contribution >= 0.6 is 11.8 Å².